The summed E-state index contributed by atoms with van der Waals surface area (Å²) in [5.41, 5.74) is 6.00. The highest BCUT2D eigenvalue weighted by molar-refractivity contribution is 6.33. The molecule has 0 aliphatic carbocycles. The van der Waals surface area contributed by atoms with E-state index in [0.29, 0.717) is 16.5 Å². The van der Waals surface area contributed by atoms with Gasteiger partial charge < -0.3 is 10.3 Å². The van der Waals surface area contributed by atoms with Crippen LogP contribution in [0.1, 0.15) is 0 Å². The van der Waals surface area contributed by atoms with Crippen LogP contribution in [0.5, 0.6) is 0 Å². The lowest BCUT2D eigenvalue weighted by Crippen LogP contribution is -1.85. The van der Waals surface area contributed by atoms with E-state index >= 15 is 0 Å². The molecule has 4 nitrogen and oxygen atoms in total. The zero-order valence-electron chi connectivity index (χ0n) is 6.57. The van der Waals surface area contributed by atoms with Gasteiger partial charge in [-0.15, -0.1) is 0 Å². The maximum Gasteiger partial charge on any atom is 0.261 e. The summed E-state index contributed by atoms with van der Waals surface area (Å²) in [4.78, 5) is 3.86. The summed E-state index contributed by atoms with van der Waals surface area (Å²) in [6.07, 6.45) is 0. The Hall–Kier alpha value is -1.55. The van der Waals surface area contributed by atoms with Crippen LogP contribution in [-0.2, 0) is 0 Å². The minimum Gasteiger partial charge on any atom is -0.365 e. The van der Waals surface area contributed by atoms with Gasteiger partial charge in [0.2, 0.25) is 0 Å². The highest BCUT2D eigenvalue weighted by atomic mass is 35.5. The second-order valence-electron chi connectivity index (χ2n) is 2.44. The topological polar surface area (TPSA) is 64.9 Å². The van der Waals surface area contributed by atoms with Crippen molar-refractivity contribution in [1.29, 1.82) is 0 Å². The molecule has 0 unspecified atom stereocenters. The first-order valence-corrected chi connectivity index (χ1v) is 3.99. The molecule has 5 heteroatoms. The Morgan fingerprint density at radius 1 is 1.31 bits per heavy atom. The molecule has 0 spiro atoms. The van der Waals surface area contributed by atoms with E-state index in [1.165, 1.54) is 0 Å². The Morgan fingerprint density at radius 2 is 2.08 bits per heavy atom. The van der Waals surface area contributed by atoms with E-state index in [4.69, 9.17) is 21.9 Å². The molecule has 1 aromatic carbocycles. The minimum absolute atomic E-state index is 0.106. The lowest BCUT2D eigenvalue weighted by Gasteiger charge is -1.95. The number of nitrogens with zero attached hydrogens (tertiary/aromatic N) is 2. The van der Waals surface area contributed by atoms with Crippen LogP contribution in [0.25, 0.3) is 11.5 Å². The lowest BCUT2D eigenvalue weighted by atomic mass is 10.2. The minimum atomic E-state index is 0.106. The van der Waals surface area contributed by atoms with Gasteiger partial charge in [-0.25, -0.2) is 0 Å². The average Bonchev–Trinajstić information content (AvgIpc) is 2.53. The Labute approximate surface area is 79.3 Å². The van der Waals surface area contributed by atoms with E-state index in [2.05, 4.69) is 10.1 Å². The van der Waals surface area contributed by atoms with Crippen molar-refractivity contribution in [3.63, 3.8) is 0 Å². The van der Waals surface area contributed by atoms with E-state index in [-0.39, 0.29) is 5.95 Å². The number of aromatic nitrogens is 2. The third-order valence-corrected chi connectivity index (χ3v) is 1.88. The van der Waals surface area contributed by atoms with Gasteiger partial charge in [0.15, 0.2) is 0 Å². The van der Waals surface area contributed by atoms with Gasteiger partial charge in [0, 0.05) is 0 Å². The van der Waals surface area contributed by atoms with Gasteiger partial charge >= 0.3 is 0 Å². The van der Waals surface area contributed by atoms with Gasteiger partial charge in [-0.1, -0.05) is 23.7 Å². The summed E-state index contributed by atoms with van der Waals surface area (Å²) in [6, 6.07) is 7.19. The predicted molar refractivity (Wildman–Crippen MR) is 49.2 cm³/mol. The molecule has 0 aliphatic rings. The van der Waals surface area contributed by atoms with Crippen molar-refractivity contribution < 1.29 is 4.52 Å². The SMILES string of the molecule is Nc1noc(-c2ccccc2Cl)n1. The van der Waals surface area contributed by atoms with Crippen LogP contribution >= 0.6 is 11.6 Å². The summed E-state index contributed by atoms with van der Waals surface area (Å²) in [5, 5.41) is 4.03. The Bertz CT molecular complexity index is 427. The summed E-state index contributed by atoms with van der Waals surface area (Å²) in [5.74, 6) is 0.443. The molecule has 1 aromatic heterocycles. The maximum absolute atomic E-state index is 5.90. The van der Waals surface area contributed by atoms with Crippen molar-refractivity contribution in [2.45, 2.75) is 0 Å². The first-order valence-electron chi connectivity index (χ1n) is 3.61. The zero-order valence-corrected chi connectivity index (χ0v) is 7.32. The fraction of sp³-hybridized carbons (Fsp3) is 0. The summed E-state index contributed by atoms with van der Waals surface area (Å²) < 4.78 is 4.86. The van der Waals surface area contributed by atoms with Crippen LogP contribution in [0.4, 0.5) is 5.95 Å². The van der Waals surface area contributed by atoms with Gasteiger partial charge in [-0.3, -0.25) is 0 Å². The highest BCUT2D eigenvalue weighted by Crippen LogP contribution is 2.25. The lowest BCUT2D eigenvalue weighted by molar-refractivity contribution is 0.433. The van der Waals surface area contributed by atoms with Crippen molar-refractivity contribution in [1.82, 2.24) is 10.1 Å². The molecule has 1 heterocycles. The molecule has 13 heavy (non-hydrogen) atoms. The summed E-state index contributed by atoms with van der Waals surface area (Å²) in [6.45, 7) is 0. The monoisotopic (exact) mass is 195 g/mol. The van der Waals surface area contributed by atoms with Crippen molar-refractivity contribution in [3.05, 3.63) is 29.3 Å². The van der Waals surface area contributed by atoms with Crippen LogP contribution in [0.15, 0.2) is 28.8 Å². The van der Waals surface area contributed by atoms with Crippen molar-refractivity contribution >= 4 is 17.5 Å². The maximum atomic E-state index is 5.90. The van der Waals surface area contributed by atoms with Crippen LogP contribution in [-0.4, -0.2) is 10.1 Å². The third-order valence-electron chi connectivity index (χ3n) is 1.55. The number of anilines is 1. The Balaban J connectivity index is 2.52. The number of hydrogen-bond acceptors (Lipinski definition) is 4. The normalized spacial score (nSPS) is 10.2. The van der Waals surface area contributed by atoms with Gasteiger partial charge in [0.05, 0.1) is 10.6 Å². The fourth-order valence-electron chi connectivity index (χ4n) is 0.979. The number of benzene rings is 1. The molecule has 2 rings (SSSR count). The van der Waals surface area contributed by atoms with E-state index in [0.717, 1.165) is 0 Å². The van der Waals surface area contributed by atoms with E-state index in [1.54, 1.807) is 12.1 Å². The van der Waals surface area contributed by atoms with Gasteiger partial charge in [0.25, 0.3) is 11.8 Å². The van der Waals surface area contributed by atoms with Crippen molar-refractivity contribution in [2.24, 2.45) is 0 Å². The van der Waals surface area contributed by atoms with Gasteiger partial charge in [-0.2, -0.15) is 4.98 Å². The van der Waals surface area contributed by atoms with Crippen LogP contribution < -0.4 is 5.73 Å². The number of hydrogen-bond donors (Lipinski definition) is 1. The number of nitrogen functional groups attached to an aromatic ring is 1. The van der Waals surface area contributed by atoms with Gasteiger partial charge in [0.1, 0.15) is 0 Å². The molecular weight excluding hydrogens is 190 g/mol. The molecule has 0 saturated carbocycles. The molecule has 2 N–H and O–H groups in total. The van der Waals surface area contributed by atoms with Gasteiger partial charge in [-0.05, 0) is 17.3 Å². The molecule has 2 aromatic rings. The predicted octanol–water partition coefficient (Wildman–Crippen LogP) is 1.97. The summed E-state index contributed by atoms with van der Waals surface area (Å²) in [7, 11) is 0. The van der Waals surface area contributed by atoms with Crippen LogP contribution in [0.2, 0.25) is 5.02 Å². The smallest absolute Gasteiger partial charge is 0.261 e. The van der Waals surface area contributed by atoms with Crippen molar-refractivity contribution in [2.75, 3.05) is 5.73 Å². The molecule has 0 saturated heterocycles. The fourth-order valence-corrected chi connectivity index (χ4v) is 1.20. The standard InChI is InChI=1S/C8H6ClN3O/c9-6-4-2-1-3-5(6)7-11-8(10)12-13-7/h1-4H,(H2,10,12). The molecule has 0 aliphatic heterocycles. The molecule has 0 amide bonds. The molecular formula is C8H6ClN3O. The average molecular weight is 196 g/mol. The molecule has 0 atom stereocenters. The quantitative estimate of drug-likeness (QED) is 0.756. The second-order valence-corrected chi connectivity index (χ2v) is 2.84. The number of nitrogens with two attached hydrogens (primary N) is 1. The Morgan fingerprint density at radius 3 is 2.69 bits per heavy atom. The molecule has 0 fully saturated rings. The van der Waals surface area contributed by atoms with Crippen molar-refractivity contribution in [3.8, 4) is 11.5 Å². The number of rotatable bonds is 1. The zero-order chi connectivity index (χ0) is 9.26. The third kappa shape index (κ3) is 1.48. The first-order chi connectivity index (χ1) is 6.27. The molecule has 0 radical (unpaired) electrons. The van der Waals surface area contributed by atoms with E-state index < -0.39 is 0 Å². The second kappa shape index (κ2) is 3.06. The first kappa shape index (κ1) is 8.07. The summed E-state index contributed by atoms with van der Waals surface area (Å²) >= 11 is 5.90. The van der Waals surface area contributed by atoms with E-state index in [1.807, 2.05) is 12.1 Å². The molecule has 0 bridgehead atoms. The van der Waals surface area contributed by atoms with Crippen LogP contribution in [0, 0.1) is 0 Å². The highest BCUT2D eigenvalue weighted by Gasteiger charge is 2.09. The van der Waals surface area contributed by atoms with Crippen LogP contribution in [0.3, 0.4) is 0 Å². The largest absolute Gasteiger partial charge is 0.365 e. The van der Waals surface area contributed by atoms with E-state index in [9.17, 15) is 0 Å². The number of halogens is 1. The molecule has 66 valence electrons. The Kier molecular flexibility index (Phi) is 1.90.